The number of benzene rings is 2. The molecule has 1 amide bonds. The molecule has 1 aliphatic heterocycles. The number of hydrogen-bond donors (Lipinski definition) is 2. The van der Waals surface area contributed by atoms with Gasteiger partial charge in [-0.25, -0.2) is 4.79 Å². The first-order valence-corrected chi connectivity index (χ1v) is 10.2. The molecular weight excluding hydrogens is 424 g/mol. The van der Waals surface area contributed by atoms with Crippen LogP contribution >= 0.6 is 0 Å². The first-order chi connectivity index (χ1) is 15.9. The average Bonchev–Trinajstić information content (AvgIpc) is 3.10. The molecule has 8 heteroatoms. The van der Waals surface area contributed by atoms with Gasteiger partial charge in [-0.05, 0) is 55.0 Å². The Hall–Kier alpha value is -4.46. The Balaban J connectivity index is 1.90. The Bertz CT molecular complexity index is 1250. The number of esters is 1. The van der Waals surface area contributed by atoms with E-state index in [0.717, 1.165) is 0 Å². The van der Waals surface area contributed by atoms with E-state index in [9.17, 15) is 24.6 Å². The number of ketones is 1. The van der Waals surface area contributed by atoms with E-state index in [2.05, 4.69) is 4.98 Å². The Morgan fingerprint density at radius 1 is 1.03 bits per heavy atom. The normalized spacial score (nSPS) is 17.2. The Morgan fingerprint density at radius 3 is 2.39 bits per heavy atom. The number of aromatic hydroxyl groups is 1. The zero-order chi connectivity index (χ0) is 23.5. The topological polar surface area (TPSA) is 117 Å². The van der Waals surface area contributed by atoms with Crippen LogP contribution in [0.2, 0.25) is 0 Å². The number of pyridine rings is 1. The summed E-state index contributed by atoms with van der Waals surface area (Å²) in [5, 5.41) is 20.7. The SMILES string of the molecule is CCOC(=O)c1cccc(N2C(=O)C(=O)/C(=C(/O)c3ccncc3)C2c2ccc(O)cc2)c1. The molecule has 1 saturated heterocycles. The molecule has 4 rings (SSSR count). The van der Waals surface area contributed by atoms with Gasteiger partial charge < -0.3 is 14.9 Å². The molecule has 1 unspecified atom stereocenters. The van der Waals surface area contributed by atoms with Gasteiger partial charge in [-0.2, -0.15) is 0 Å². The minimum atomic E-state index is -0.990. The average molecular weight is 444 g/mol. The van der Waals surface area contributed by atoms with Crippen LogP contribution in [0.25, 0.3) is 5.76 Å². The van der Waals surface area contributed by atoms with Gasteiger partial charge in [0.25, 0.3) is 11.7 Å². The number of carbonyl (C=O) groups excluding carboxylic acids is 3. The van der Waals surface area contributed by atoms with Crippen molar-refractivity contribution in [3.63, 3.8) is 0 Å². The molecule has 2 N–H and O–H groups in total. The lowest BCUT2D eigenvalue weighted by atomic mass is 9.95. The third kappa shape index (κ3) is 4.06. The van der Waals surface area contributed by atoms with Gasteiger partial charge in [0.1, 0.15) is 11.5 Å². The second-order valence-electron chi connectivity index (χ2n) is 7.27. The summed E-state index contributed by atoms with van der Waals surface area (Å²) < 4.78 is 5.04. The van der Waals surface area contributed by atoms with Crippen LogP contribution in [0.3, 0.4) is 0 Å². The summed E-state index contributed by atoms with van der Waals surface area (Å²) in [6, 6.07) is 14.2. The largest absolute Gasteiger partial charge is 0.508 e. The predicted molar refractivity (Wildman–Crippen MR) is 120 cm³/mol. The number of hydrogen-bond acceptors (Lipinski definition) is 7. The lowest BCUT2D eigenvalue weighted by Gasteiger charge is -2.25. The first kappa shape index (κ1) is 21.8. The zero-order valence-corrected chi connectivity index (χ0v) is 17.6. The van der Waals surface area contributed by atoms with Crippen LogP contribution in [0.15, 0.2) is 78.6 Å². The molecule has 0 bridgehead atoms. The van der Waals surface area contributed by atoms with Crippen LogP contribution in [-0.2, 0) is 14.3 Å². The van der Waals surface area contributed by atoms with Crippen LogP contribution in [0.4, 0.5) is 5.69 Å². The summed E-state index contributed by atoms with van der Waals surface area (Å²) in [4.78, 5) is 43.6. The number of phenolic OH excluding ortho intramolecular Hbond substituents is 1. The second kappa shape index (κ2) is 8.96. The van der Waals surface area contributed by atoms with Gasteiger partial charge in [-0.15, -0.1) is 0 Å². The summed E-state index contributed by atoms with van der Waals surface area (Å²) >= 11 is 0. The van der Waals surface area contributed by atoms with Crippen molar-refractivity contribution in [2.45, 2.75) is 13.0 Å². The van der Waals surface area contributed by atoms with Gasteiger partial charge in [0.05, 0.1) is 23.8 Å². The minimum Gasteiger partial charge on any atom is -0.508 e. The van der Waals surface area contributed by atoms with Crippen LogP contribution < -0.4 is 4.90 Å². The van der Waals surface area contributed by atoms with E-state index in [4.69, 9.17) is 4.74 Å². The van der Waals surface area contributed by atoms with E-state index in [1.165, 1.54) is 47.6 Å². The number of amides is 1. The van der Waals surface area contributed by atoms with E-state index in [1.807, 2.05) is 0 Å². The van der Waals surface area contributed by atoms with Crippen molar-refractivity contribution in [3.05, 3.63) is 95.3 Å². The molecule has 8 nitrogen and oxygen atoms in total. The van der Waals surface area contributed by atoms with Crippen molar-refractivity contribution < 1.29 is 29.3 Å². The molecule has 3 aromatic rings. The highest BCUT2D eigenvalue weighted by Crippen LogP contribution is 2.42. The summed E-state index contributed by atoms with van der Waals surface area (Å²) in [5.74, 6) is -2.63. The van der Waals surface area contributed by atoms with Gasteiger partial charge in [0.2, 0.25) is 0 Å². The standard InChI is InChI=1S/C25H20N2O6/c1-2-33-25(32)17-4-3-5-18(14-17)27-21(15-6-8-19(28)9-7-15)20(23(30)24(27)31)22(29)16-10-12-26-13-11-16/h3-14,21,28-29H,2H2,1H3/b22-20+. The number of carbonyl (C=O) groups is 3. The van der Waals surface area contributed by atoms with Crippen LogP contribution in [0, 0.1) is 0 Å². The zero-order valence-electron chi connectivity index (χ0n) is 17.6. The van der Waals surface area contributed by atoms with Crippen molar-refractivity contribution in [2.24, 2.45) is 0 Å². The number of nitrogens with zero attached hydrogens (tertiary/aromatic N) is 2. The number of rotatable bonds is 5. The van der Waals surface area contributed by atoms with E-state index in [0.29, 0.717) is 11.1 Å². The maximum atomic E-state index is 13.2. The summed E-state index contributed by atoms with van der Waals surface area (Å²) in [5.41, 5.74) is 1.21. The number of anilines is 1. The molecule has 1 atom stereocenters. The van der Waals surface area contributed by atoms with E-state index < -0.39 is 23.7 Å². The van der Waals surface area contributed by atoms with Gasteiger partial charge >= 0.3 is 5.97 Å². The highest BCUT2D eigenvalue weighted by Gasteiger charge is 2.47. The van der Waals surface area contributed by atoms with Crippen LogP contribution in [-0.4, -0.2) is 39.5 Å². The van der Waals surface area contributed by atoms with Gasteiger partial charge in [-0.3, -0.25) is 19.5 Å². The molecule has 1 fully saturated rings. The molecule has 1 aromatic heterocycles. The summed E-state index contributed by atoms with van der Waals surface area (Å²) in [6.07, 6.45) is 2.92. The molecular formula is C25H20N2O6. The monoisotopic (exact) mass is 444 g/mol. The second-order valence-corrected chi connectivity index (χ2v) is 7.27. The molecule has 0 aliphatic carbocycles. The maximum Gasteiger partial charge on any atom is 0.338 e. The lowest BCUT2D eigenvalue weighted by Crippen LogP contribution is -2.29. The van der Waals surface area contributed by atoms with Crippen LogP contribution in [0.5, 0.6) is 5.75 Å². The third-order valence-electron chi connectivity index (χ3n) is 5.24. The smallest absolute Gasteiger partial charge is 0.338 e. The molecule has 1 aliphatic rings. The van der Waals surface area contributed by atoms with E-state index in [-0.39, 0.29) is 34.9 Å². The predicted octanol–water partition coefficient (Wildman–Crippen LogP) is 3.59. The fourth-order valence-electron chi connectivity index (χ4n) is 3.73. The van der Waals surface area contributed by atoms with Crippen molar-refractivity contribution in [1.29, 1.82) is 0 Å². The molecule has 2 heterocycles. The van der Waals surface area contributed by atoms with Gasteiger partial charge in [0, 0.05) is 23.6 Å². The Kier molecular flexibility index (Phi) is 5.91. The summed E-state index contributed by atoms with van der Waals surface area (Å²) in [6.45, 7) is 1.87. The number of aliphatic hydroxyl groups excluding tert-OH is 1. The van der Waals surface area contributed by atoms with Crippen molar-refractivity contribution in [2.75, 3.05) is 11.5 Å². The highest BCUT2D eigenvalue weighted by atomic mass is 16.5. The number of aromatic nitrogens is 1. The number of ether oxygens (including phenoxy) is 1. The molecule has 0 saturated carbocycles. The molecule has 33 heavy (non-hydrogen) atoms. The molecule has 166 valence electrons. The Morgan fingerprint density at radius 2 is 1.73 bits per heavy atom. The Labute approximate surface area is 189 Å². The van der Waals surface area contributed by atoms with Gasteiger partial charge in [0.15, 0.2) is 0 Å². The fourth-order valence-corrected chi connectivity index (χ4v) is 3.73. The molecule has 0 spiro atoms. The van der Waals surface area contributed by atoms with Gasteiger partial charge in [-0.1, -0.05) is 18.2 Å². The minimum absolute atomic E-state index is 0.00847. The molecule has 0 radical (unpaired) electrons. The quantitative estimate of drug-likeness (QED) is 0.267. The fraction of sp³-hybridized carbons (Fsp3) is 0.120. The third-order valence-corrected chi connectivity index (χ3v) is 5.24. The first-order valence-electron chi connectivity index (χ1n) is 10.2. The molecule has 2 aromatic carbocycles. The number of phenols is 1. The highest BCUT2D eigenvalue weighted by molar-refractivity contribution is 6.51. The van der Waals surface area contributed by atoms with Crippen molar-refractivity contribution >= 4 is 29.1 Å². The van der Waals surface area contributed by atoms with Crippen molar-refractivity contribution in [1.82, 2.24) is 4.98 Å². The van der Waals surface area contributed by atoms with Crippen molar-refractivity contribution in [3.8, 4) is 5.75 Å². The number of Topliss-reactive ketones (excluding diaryl/α,β-unsaturated/α-hetero) is 1. The summed E-state index contributed by atoms with van der Waals surface area (Å²) in [7, 11) is 0. The van der Waals surface area contributed by atoms with Crippen LogP contribution in [0.1, 0.15) is 34.5 Å². The maximum absolute atomic E-state index is 13.2. The van der Waals surface area contributed by atoms with E-state index in [1.54, 1.807) is 37.3 Å². The lowest BCUT2D eigenvalue weighted by molar-refractivity contribution is -0.132. The van der Waals surface area contributed by atoms with E-state index >= 15 is 0 Å². The number of aliphatic hydroxyl groups is 1.